The molecule has 0 fully saturated rings. The van der Waals surface area contributed by atoms with E-state index in [9.17, 15) is 9.59 Å². The molecule has 0 atom stereocenters. The number of thiophene rings is 1. The molecule has 0 spiro atoms. The number of cyclic esters (lactones) is 1. The maximum atomic E-state index is 13.1. The van der Waals surface area contributed by atoms with Crippen LogP contribution in [0.15, 0.2) is 59.2 Å². The molecule has 2 heterocycles. The summed E-state index contributed by atoms with van der Waals surface area (Å²) >= 11 is 7.77. The molecule has 5 rings (SSSR count). The van der Waals surface area contributed by atoms with E-state index in [1.54, 1.807) is 36.4 Å². The van der Waals surface area contributed by atoms with Gasteiger partial charge in [0.05, 0.1) is 33.0 Å². The van der Waals surface area contributed by atoms with Gasteiger partial charge in [-0.15, -0.1) is 11.3 Å². The van der Waals surface area contributed by atoms with Crippen LogP contribution in [0.1, 0.15) is 33.3 Å². The fourth-order valence-electron chi connectivity index (χ4n) is 4.31. The van der Waals surface area contributed by atoms with Crippen molar-refractivity contribution >= 4 is 56.9 Å². The number of methoxy groups -OCH3 is 3. The molecule has 0 bridgehead atoms. The number of hydrogen-bond acceptors (Lipinski definition) is 10. The largest absolute Gasteiger partial charge is 0.493 e. The lowest BCUT2D eigenvalue weighted by Crippen LogP contribution is -2.08. The first-order valence-corrected chi connectivity index (χ1v) is 14.0. The Kier molecular flexibility index (Phi) is 8.37. The summed E-state index contributed by atoms with van der Waals surface area (Å²) in [5.74, 6) is 0.558. The van der Waals surface area contributed by atoms with Gasteiger partial charge in [0.15, 0.2) is 28.7 Å². The van der Waals surface area contributed by atoms with Crippen LogP contribution < -0.4 is 23.7 Å². The van der Waals surface area contributed by atoms with E-state index in [1.165, 1.54) is 32.7 Å². The summed E-state index contributed by atoms with van der Waals surface area (Å²) in [5.41, 5.74) is 2.18. The number of aryl methyl sites for hydroxylation is 1. The van der Waals surface area contributed by atoms with Gasteiger partial charge in [-0.1, -0.05) is 29.8 Å². The highest BCUT2D eigenvalue weighted by Crippen LogP contribution is 2.40. The van der Waals surface area contributed by atoms with Gasteiger partial charge in [-0.2, -0.15) is 0 Å². The van der Waals surface area contributed by atoms with Crippen molar-refractivity contribution in [2.45, 2.75) is 13.8 Å². The molecular formula is C31H26ClNO8S. The molecule has 0 radical (unpaired) electrons. The van der Waals surface area contributed by atoms with Gasteiger partial charge in [0.2, 0.25) is 11.6 Å². The van der Waals surface area contributed by atoms with Gasteiger partial charge in [0, 0.05) is 15.6 Å². The SMILES string of the molecule is CCOc1cc(/C=C2/N=C(c3cc(OC)c(OC)c(OC)c3)OC2=O)ccc1OC(=O)c1sc2cc(C)ccc2c1Cl. The number of benzene rings is 3. The van der Waals surface area contributed by atoms with Crippen molar-refractivity contribution in [1.82, 2.24) is 0 Å². The number of esters is 2. The Morgan fingerprint density at radius 1 is 0.976 bits per heavy atom. The van der Waals surface area contributed by atoms with Gasteiger partial charge in [0.25, 0.3) is 0 Å². The second kappa shape index (κ2) is 12.1. The molecule has 1 aliphatic heterocycles. The number of carbonyl (C=O) groups excluding carboxylic acids is 2. The summed E-state index contributed by atoms with van der Waals surface area (Å²) in [5, 5.41) is 1.14. The molecule has 42 heavy (non-hydrogen) atoms. The maximum absolute atomic E-state index is 13.1. The monoisotopic (exact) mass is 607 g/mol. The lowest BCUT2D eigenvalue weighted by Gasteiger charge is -2.13. The van der Waals surface area contributed by atoms with Crippen LogP contribution in [0.3, 0.4) is 0 Å². The number of halogens is 1. The molecule has 0 amide bonds. The molecule has 3 aromatic carbocycles. The van der Waals surface area contributed by atoms with Crippen LogP contribution in [-0.2, 0) is 9.53 Å². The summed E-state index contributed by atoms with van der Waals surface area (Å²) < 4.78 is 33.9. The van der Waals surface area contributed by atoms with E-state index < -0.39 is 11.9 Å². The number of hydrogen-bond donors (Lipinski definition) is 0. The minimum absolute atomic E-state index is 0.0679. The number of rotatable bonds is 9. The molecule has 4 aromatic rings. The van der Waals surface area contributed by atoms with Gasteiger partial charge >= 0.3 is 11.9 Å². The molecule has 216 valence electrons. The second-order valence-electron chi connectivity index (χ2n) is 9.02. The third-order valence-corrected chi connectivity index (χ3v) is 7.91. The highest BCUT2D eigenvalue weighted by atomic mass is 35.5. The molecular weight excluding hydrogens is 582 g/mol. The smallest absolute Gasteiger partial charge is 0.363 e. The van der Waals surface area contributed by atoms with E-state index in [2.05, 4.69) is 4.99 Å². The van der Waals surface area contributed by atoms with Crippen molar-refractivity contribution < 1.29 is 38.0 Å². The quantitative estimate of drug-likeness (QED) is 0.116. The van der Waals surface area contributed by atoms with E-state index in [-0.39, 0.29) is 17.3 Å². The van der Waals surface area contributed by atoms with E-state index in [0.29, 0.717) is 50.6 Å². The third-order valence-electron chi connectivity index (χ3n) is 6.28. The summed E-state index contributed by atoms with van der Waals surface area (Å²) in [6.07, 6.45) is 1.55. The van der Waals surface area contributed by atoms with Crippen LogP contribution in [0.5, 0.6) is 28.7 Å². The minimum atomic E-state index is -0.637. The first kappa shape index (κ1) is 29.0. The third kappa shape index (κ3) is 5.63. The molecule has 9 nitrogen and oxygen atoms in total. The fourth-order valence-corrected chi connectivity index (χ4v) is 5.80. The Labute approximate surface area is 250 Å². The summed E-state index contributed by atoms with van der Waals surface area (Å²) in [4.78, 5) is 30.5. The highest BCUT2D eigenvalue weighted by molar-refractivity contribution is 7.21. The zero-order valence-electron chi connectivity index (χ0n) is 23.4. The van der Waals surface area contributed by atoms with Gasteiger partial charge < -0.3 is 28.4 Å². The van der Waals surface area contributed by atoms with E-state index in [4.69, 9.17) is 40.0 Å². The van der Waals surface area contributed by atoms with Crippen molar-refractivity contribution in [3.63, 3.8) is 0 Å². The Hall–Kier alpha value is -4.54. The predicted octanol–water partition coefficient (Wildman–Crippen LogP) is 6.85. The van der Waals surface area contributed by atoms with Crippen LogP contribution in [0.4, 0.5) is 0 Å². The van der Waals surface area contributed by atoms with Gasteiger partial charge in [-0.25, -0.2) is 14.6 Å². The average Bonchev–Trinajstić information content (AvgIpc) is 3.51. The average molecular weight is 608 g/mol. The second-order valence-corrected chi connectivity index (χ2v) is 10.5. The normalized spacial score (nSPS) is 13.6. The van der Waals surface area contributed by atoms with Crippen LogP contribution in [0.2, 0.25) is 5.02 Å². The molecule has 0 aliphatic carbocycles. The van der Waals surface area contributed by atoms with E-state index in [0.717, 1.165) is 15.6 Å². The topological polar surface area (TPSA) is 102 Å². The van der Waals surface area contributed by atoms with Gasteiger partial charge in [0.1, 0.15) is 4.88 Å². The Morgan fingerprint density at radius 3 is 2.38 bits per heavy atom. The highest BCUT2D eigenvalue weighted by Gasteiger charge is 2.27. The molecule has 0 saturated carbocycles. The Balaban J connectivity index is 1.43. The lowest BCUT2D eigenvalue weighted by atomic mass is 10.1. The van der Waals surface area contributed by atoms with Crippen molar-refractivity contribution in [3.05, 3.63) is 80.8 Å². The molecule has 0 N–H and O–H groups in total. The molecule has 1 aliphatic rings. The van der Waals surface area contributed by atoms with Crippen molar-refractivity contribution in [2.24, 2.45) is 4.99 Å². The molecule has 0 unspecified atom stereocenters. The van der Waals surface area contributed by atoms with Crippen LogP contribution in [-0.4, -0.2) is 45.8 Å². The number of carbonyl (C=O) groups is 2. The Morgan fingerprint density at radius 2 is 1.71 bits per heavy atom. The molecule has 1 aromatic heterocycles. The number of aliphatic imine (C=N–C) groups is 1. The molecule has 11 heteroatoms. The minimum Gasteiger partial charge on any atom is -0.493 e. The predicted molar refractivity (Wildman–Crippen MR) is 161 cm³/mol. The first-order chi connectivity index (χ1) is 20.3. The number of fused-ring (bicyclic) bond motifs is 1. The molecule has 0 saturated heterocycles. The Bertz CT molecular complexity index is 1750. The van der Waals surface area contributed by atoms with Crippen molar-refractivity contribution in [2.75, 3.05) is 27.9 Å². The zero-order valence-corrected chi connectivity index (χ0v) is 25.0. The first-order valence-electron chi connectivity index (χ1n) is 12.8. The summed E-state index contributed by atoms with van der Waals surface area (Å²) in [6, 6.07) is 14.0. The maximum Gasteiger partial charge on any atom is 0.363 e. The van der Waals surface area contributed by atoms with Gasteiger partial charge in [-0.3, -0.25) is 0 Å². The standard InChI is InChI=1S/C31H26ClNO8S/c1-6-39-22-13-17(8-10-21(22)40-31(35)28-26(32)19-9-7-16(2)11-25(19)42-28)12-20-30(34)41-29(33-20)18-14-23(36-3)27(38-5)24(15-18)37-4/h7-15H,6H2,1-5H3/b20-12+. The fraction of sp³-hybridized carbons (Fsp3) is 0.194. The van der Waals surface area contributed by atoms with E-state index >= 15 is 0 Å². The van der Waals surface area contributed by atoms with Crippen molar-refractivity contribution in [1.29, 1.82) is 0 Å². The van der Waals surface area contributed by atoms with E-state index in [1.807, 2.05) is 32.0 Å². The van der Waals surface area contributed by atoms with Crippen molar-refractivity contribution in [3.8, 4) is 28.7 Å². The lowest BCUT2D eigenvalue weighted by molar-refractivity contribution is -0.129. The van der Waals surface area contributed by atoms with Crippen LogP contribution >= 0.6 is 22.9 Å². The summed E-state index contributed by atoms with van der Waals surface area (Å²) in [6.45, 7) is 4.10. The summed E-state index contributed by atoms with van der Waals surface area (Å²) in [7, 11) is 4.48. The van der Waals surface area contributed by atoms with Crippen LogP contribution in [0.25, 0.3) is 16.2 Å². The van der Waals surface area contributed by atoms with Crippen LogP contribution in [0, 0.1) is 6.92 Å². The zero-order chi connectivity index (χ0) is 30.0. The number of ether oxygens (including phenoxy) is 6. The number of nitrogens with zero attached hydrogens (tertiary/aromatic N) is 1. The van der Waals surface area contributed by atoms with Gasteiger partial charge in [-0.05, 0) is 61.4 Å².